The predicted molar refractivity (Wildman–Crippen MR) is 129 cm³/mol. The van der Waals surface area contributed by atoms with Gasteiger partial charge in [-0.25, -0.2) is 4.39 Å². The minimum atomic E-state index is -0.683. The van der Waals surface area contributed by atoms with Crippen LogP contribution in [0, 0.1) is 15.9 Å². The molecule has 0 fully saturated rings. The molecule has 3 rings (SSSR count). The van der Waals surface area contributed by atoms with E-state index >= 15 is 0 Å². The average molecular weight is 461 g/mol. The van der Waals surface area contributed by atoms with E-state index in [0.29, 0.717) is 11.1 Å². The fraction of sp³-hybridized carbons (Fsp3) is 0.154. The SMILES string of the molecule is CCCCc1ccc(C(=O)N/C(=C\c2ccc(F)cc2)C(=O)Nc2cccc([N+](=O)[O-])c2)cc1. The van der Waals surface area contributed by atoms with Crippen LogP contribution in [-0.2, 0) is 11.2 Å². The van der Waals surface area contributed by atoms with Crippen LogP contribution in [0.2, 0.25) is 0 Å². The number of aryl methyl sites for hydroxylation is 1. The summed E-state index contributed by atoms with van der Waals surface area (Å²) in [5.74, 6) is -1.62. The van der Waals surface area contributed by atoms with Gasteiger partial charge in [-0.15, -0.1) is 0 Å². The van der Waals surface area contributed by atoms with Gasteiger partial charge in [0.25, 0.3) is 17.5 Å². The van der Waals surface area contributed by atoms with Crippen LogP contribution >= 0.6 is 0 Å². The number of hydrogen-bond acceptors (Lipinski definition) is 4. The third-order valence-electron chi connectivity index (χ3n) is 5.02. The maximum atomic E-state index is 13.3. The third kappa shape index (κ3) is 6.83. The lowest BCUT2D eigenvalue weighted by atomic mass is 10.1. The number of unbranched alkanes of at least 4 members (excludes halogenated alkanes) is 1. The van der Waals surface area contributed by atoms with E-state index in [4.69, 9.17) is 0 Å². The topological polar surface area (TPSA) is 101 Å². The van der Waals surface area contributed by atoms with Crippen molar-refractivity contribution in [3.8, 4) is 0 Å². The van der Waals surface area contributed by atoms with Gasteiger partial charge in [0.2, 0.25) is 0 Å². The first-order chi connectivity index (χ1) is 16.4. The van der Waals surface area contributed by atoms with Crippen LogP contribution in [0.1, 0.15) is 41.3 Å². The van der Waals surface area contributed by atoms with Gasteiger partial charge in [0, 0.05) is 23.4 Å². The van der Waals surface area contributed by atoms with E-state index in [2.05, 4.69) is 17.6 Å². The van der Waals surface area contributed by atoms with Crippen LogP contribution in [0.3, 0.4) is 0 Å². The highest BCUT2D eigenvalue weighted by Crippen LogP contribution is 2.18. The largest absolute Gasteiger partial charge is 0.320 e. The molecule has 0 saturated heterocycles. The quantitative estimate of drug-likeness (QED) is 0.250. The van der Waals surface area contributed by atoms with Crippen molar-refractivity contribution < 1.29 is 18.9 Å². The summed E-state index contributed by atoms with van der Waals surface area (Å²) in [6.45, 7) is 2.11. The second kappa shape index (κ2) is 11.5. The molecule has 0 aliphatic heterocycles. The highest BCUT2D eigenvalue weighted by atomic mass is 19.1. The number of nitrogens with one attached hydrogen (secondary N) is 2. The van der Waals surface area contributed by atoms with Crippen LogP contribution in [-0.4, -0.2) is 16.7 Å². The predicted octanol–water partition coefficient (Wildman–Crippen LogP) is 5.49. The lowest BCUT2D eigenvalue weighted by molar-refractivity contribution is -0.384. The molecule has 3 aromatic rings. The Balaban J connectivity index is 1.84. The molecule has 0 heterocycles. The van der Waals surface area contributed by atoms with Crippen molar-refractivity contribution in [2.24, 2.45) is 0 Å². The van der Waals surface area contributed by atoms with Crippen molar-refractivity contribution in [1.82, 2.24) is 5.32 Å². The number of amides is 2. The summed E-state index contributed by atoms with van der Waals surface area (Å²) >= 11 is 0. The molecule has 0 radical (unpaired) electrons. The van der Waals surface area contributed by atoms with Gasteiger partial charge >= 0.3 is 0 Å². The molecule has 0 bridgehead atoms. The normalized spacial score (nSPS) is 11.1. The number of anilines is 1. The number of carbonyl (C=O) groups excluding carboxylic acids is 2. The minimum Gasteiger partial charge on any atom is -0.320 e. The first-order valence-corrected chi connectivity index (χ1v) is 10.8. The molecule has 2 amide bonds. The van der Waals surface area contributed by atoms with Gasteiger partial charge < -0.3 is 10.6 Å². The lowest BCUT2D eigenvalue weighted by Gasteiger charge is -2.12. The van der Waals surface area contributed by atoms with Crippen LogP contribution in [0.15, 0.2) is 78.5 Å². The number of carbonyl (C=O) groups is 2. The monoisotopic (exact) mass is 461 g/mol. The Bertz CT molecular complexity index is 1210. The Morgan fingerprint density at radius 1 is 1.03 bits per heavy atom. The van der Waals surface area contributed by atoms with Gasteiger partial charge in [0.15, 0.2) is 0 Å². The van der Waals surface area contributed by atoms with Crippen LogP contribution in [0.25, 0.3) is 6.08 Å². The van der Waals surface area contributed by atoms with Crippen molar-refractivity contribution in [2.75, 3.05) is 5.32 Å². The molecule has 8 heteroatoms. The number of nitro groups is 1. The fourth-order valence-corrected chi connectivity index (χ4v) is 3.18. The smallest absolute Gasteiger partial charge is 0.272 e. The minimum absolute atomic E-state index is 0.0989. The molecule has 0 aliphatic rings. The Kier molecular flexibility index (Phi) is 8.23. The van der Waals surface area contributed by atoms with Crippen molar-refractivity contribution in [1.29, 1.82) is 0 Å². The van der Waals surface area contributed by atoms with E-state index in [1.807, 2.05) is 12.1 Å². The number of non-ortho nitro benzene ring substituents is 1. The lowest BCUT2D eigenvalue weighted by Crippen LogP contribution is -2.30. The summed E-state index contributed by atoms with van der Waals surface area (Å²) in [6.07, 6.45) is 4.44. The number of hydrogen-bond donors (Lipinski definition) is 2. The van der Waals surface area contributed by atoms with Crippen LogP contribution < -0.4 is 10.6 Å². The molecule has 0 aliphatic carbocycles. The zero-order valence-electron chi connectivity index (χ0n) is 18.6. The number of nitro benzene ring substituents is 1. The first kappa shape index (κ1) is 24.3. The first-order valence-electron chi connectivity index (χ1n) is 10.8. The van der Waals surface area contributed by atoms with E-state index in [9.17, 15) is 24.1 Å². The zero-order valence-corrected chi connectivity index (χ0v) is 18.6. The second-order valence-electron chi connectivity index (χ2n) is 7.63. The summed E-state index contributed by atoms with van der Waals surface area (Å²) in [5, 5.41) is 16.2. The molecular weight excluding hydrogens is 437 g/mol. The highest BCUT2D eigenvalue weighted by Gasteiger charge is 2.16. The molecule has 0 saturated carbocycles. The van der Waals surface area contributed by atoms with Gasteiger partial charge in [-0.1, -0.05) is 43.7 Å². The fourth-order valence-electron chi connectivity index (χ4n) is 3.18. The van der Waals surface area contributed by atoms with E-state index in [1.54, 1.807) is 12.1 Å². The Morgan fingerprint density at radius 2 is 1.74 bits per heavy atom. The van der Waals surface area contributed by atoms with E-state index in [1.165, 1.54) is 54.6 Å². The van der Waals surface area contributed by atoms with Gasteiger partial charge in [-0.05, 0) is 60.4 Å². The molecule has 0 aromatic heterocycles. The summed E-state index contributed by atoms with van der Waals surface area (Å²) in [5.41, 5.74) is 1.88. The number of rotatable bonds is 9. The summed E-state index contributed by atoms with van der Waals surface area (Å²) < 4.78 is 13.3. The third-order valence-corrected chi connectivity index (χ3v) is 5.02. The molecule has 174 valence electrons. The Morgan fingerprint density at radius 3 is 2.38 bits per heavy atom. The molecule has 3 aromatic carbocycles. The molecular formula is C26H24FN3O4. The van der Waals surface area contributed by atoms with Crippen LogP contribution in [0.5, 0.6) is 0 Å². The molecule has 7 nitrogen and oxygen atoms in total. The van der Waals surface area contributed by atoms with Gasteiger partial charge in [0.05, 0.1) is 4.92 Å². The van der Waals surface area contributed by atoms with Crippen molar-refractivity contribution in [2.45, 2.75) is 26.2 Å². The van der Waals surface area contributed by atoms with Crippen molar-refractivity contribution >= 4 is 29.3 Å². The number of halogens is 1. The summed E-state index contributed by atoms with van der Waals surface area (Å²) in [7, 11) is 0. The van der Waals surface area contributed by atoms with Gasteiger partial charge in [-0.2, -0.15) is 0 Å². The highest BCUT2D eigenvalue weighted by molar-refractivity contribution is 6.10. The van der Waals surface area contributed by atoms with Gasteiger partial charge in [-0.3, -0.25) is 19.7 Å². The second-order valence-corrected chi connectivity index (χ2v) is 7.63. The maximum absolute atomic E-state index is 13.3. The summed E-state index contributed by atoms with van der Waals surface area (Å²) in [4.78, 5) is 36.3. The van der Waals surface area contributed by atoms with Gasteiger partial charge in [0.1, 0.15) is 11.5 Å². The van der Waals surface area contributed by atoms with E-state index < -0.39 is 22.6 Å². The Labute approximate surface area is 196 Å². The number of nitrogens with zero attached hydrogens (tertiary/aromatic N) is 1. The van der Waals surface area contributed by atoms with Crippen molar-refractivity contribution in [3.05, 3.63) is 111 Å². The molecule has 0 atom stereocenters. The molecule has 0 unspecified atom stereocenters. The van der Waals surface area contributed by atoms with Crippen LogP contribution in [0.4, 0.5) is 15.8 Å². The molecule has 2 N–H and O–H groups in total. The van der Waals surface area contributed by atoms with Crippen molar-refractivity contribution in [3.63, 3.8) is 0 Å². The standard InChI is InChI=1S/C26H24FN3O4/c1-2-3-5-18-8-12-20(13-9-18)25(31)29-24(16-19-10-14-21(27)15-11-19)26(32)28-22-6-4-7-23(17-22)30(33)34/h4,6-17H,2-3,5H2,1H3,(H,28,32)(H,29,31)/b24-16-. The Hall–Kier alpha value is -4.33. The average Bonchev–Trinajstić information content (AvgIpc) is 2.84. The molecule has 0 spiro atoms. The molecule has 34 heavy (non-hydrogen) atoms. The van der Waals surface area contributed by atoms with E-state index in [0.717, 1.165) is 24.8 Å². The van der Waals surface area contributed by atoms with E-state index in [-0.39, 0.29) is 17.1 Å². The maximum Gasteiger partial charge on any atom is 0.272 e. The number of benzene rings is 3. The zero-order chi connectivity index (χ0) is 24.5. The summed E-state index contributed by atoms with van der Waals surface area (Å²) in [6, 6.07) is 18.0.